The van der Waals surface area contributed by atoms with Crippen LogP contribution in [0.1, 0.15) is 0 Å². The smallest absolute Gasteiger partial charge is 0 e. The van der Waals surface area contributed by atoms with Gasteiger partial charge in [-0.15, -0.1) is 0 Å². The molecule has 0 amide bonds. The van der Waals surface area contributed by atoms with Gasteiger partial charge >= 0.3 is 226 Å². The van der Waals surface area contributed by atoms with Crippen LogP contribution in [0.3, 0.4) is 0 Å². The number of rotatable bonds is 0. The largest absolute Gasteiger partial charge is 2.00 e. The van der Waals surface area contributed by atoms with E-state index in [-0.39, 0.29) is 140 Å². The fraction of sp³-hybridized carbons (Fsp3) is 0. The van der Waals surface area contributed by atoms with Gasteiger partial charge in [-0.1, -0.05) is 0 Å². The summed E-state index contributed by atoms with van der Waals surface area (Å²) in [5.41, 5.74) is 0. The summed E-state index contributed by atoms with van der Waals surface area (Å²) in [7, 11) is -12.1. The van der Waals surface area contributed by atoms with Gasteiger partial charge in [-0.2, -0.15) is 0 Å². The molecule has 0 heterocycles. The molecule has 0 fully saturated rings. The molecule has 0 aliphatic heterocycles. The Hall–Kier alpha value is -0.471. The molecule has 138 valence electrons. The molecular formula is C12Cd3Co2N12Zn3. The molecule has 20 heteroatoms. The molecule has 0 saturated carbocycles. The van der Waals surface area contributed by atoms with Gasteiger partial charge in [0.15, 0.2) is 0 Å². The van der Waals surface area contributed by atoms with Crippen molar-refractivity contribution in [2.75, 3.05) is 0 Å². The average Bonchev–Trinajstić information content (AvgIpc) is 2.77. The average molecular weight is 963 g/mol. The van der Waals surface area contributed by atoms with Gasteiger partial charge in [-0.25, -0.2) is 0 Å². The van der Waals surface area contributed by atoms with Crippen LogP contribution in [0.25, 0.3) is 0 Å². The molecule has 0 aliphatic rings. The van der Waals surface area contributed by atoms with E-state index < -0.39 is 21.1 Å². The second-order valence-corrected chi connectivity index (χ2v) is 14.0. The molecule has 0 saturated heterocycles. The maximum Gasteiger partial charge on any atom is 2.00 e. The number of hydrogen-bond donors (Lipinski definition) is 0. The zero-order valence-electron chi connectivity index (χ0n) is 16.3. The molecule has 0 aromatic rings. The zero-order chi connectivity index (χ0) is 21.3. The van der Waals surface area contributed by atoms with Crippen LogP contribution < -0.4 is 0 Å². The summed E-state index contributed by atoms with van der Waals surface area (Å²) in [4.78, 5) is 0. The van der Waals surface area contributed by atoms with Crippen molar-refractivity contribution in [3.63, 3.8) is 0 Å². The molecule has 0 spiro atoms. The van der Waals surface area contributed by atoms with E-state index in [1.165, 1.54) is 0 Å². The summed E-state index contributed by atoms with van der Waals surface area (Å²) >= 11 is 0. The molecule has 32 heavy (non-hydrogen) atoms. The first-order valence-corrected chi connectivity index (χ1v) is 10.9. The Balaban J connectivity index is -0.0000000505. The summed E-state index contributed by atoms with van der Waals surface area (Å²) in [6.07, 6.45) is 0. The summed E-state index contributed by atoms with van der Waals surface area (Å²) in [5.74, 6) is 0. The van der Waals surface area contributed by atoms with Crippen molar-refractivity contribution < 1.29 is 161 Å². The van der Waals surface area contributed by atoms with Crippen LogP contribution >= 0.6 is 0 Å². The molecular weight excluding hydrogens is 963 g/mol. The number of nitriles is 12. The minimum absolute atomic E-state index is 0. The molecule has 0 rings (SSSR count). The molecule has 0 aliphatic carbocycles. The Kier molecular flexibility index (Phi) is 25.6. The van der Waals surface area contributed by atoms with E-state index >= 15 is 0 Å². The van der Waals surface area contributed by atoms with Crippen LogP contribution in [0.2, 0.25) is 0 Å². The zero-order valence-corrected chi connectivity index (χ0v) is 39.4. The third-order valence-electron chi connectivity index (χ3n) is 2.24. The fourth-order valence-corrected chi connectivity index (χ4v) is 2.06. The molecule has 0 aromatic carbocycles. The Bertz CT molecular complexity index is 904. The van der Waals surface area contributed by atoms with Gasteiger partial charge in [-0.3, -0.25) is 0 Å². The quantitative estimate of drug-likeness (QED) is 0.294. The number of hydrogen-bond acceptors (Lipinski definition) is 12. The Morgan fingerprint density at radius 1 is 0.250 bits per heavy atom. The molecule has 0 bridgehead atoms. The summed E-state index contributed by atoms with van der Waals surface area (Å²) in [5, 5.41) is 115. The summed E-state index contributed by atoms with van der Waals surface area (Å²) in [6.45, 7) is 0. The van der Waals surface area contributed by atoms with Gasteiger partial charge in [0, 0.05) is 58.4 Å². The van der Waals surface area contributed by atoms with Crippen molar-refractivity contribution in [1.29, 1.82) is 63.1 Å². The molecule has 0 radical (unpaired) electrons. The van der Waals surface area contributed by atoms with E-state index in [1.807, 2.05) is 0 Å². The van der Waals surface area contributed by atoms with Crippen molar-refractivity contribution in [3.8, 4) is 60.0 Å². The first-order chi connectivity index (χ1) is 11.9. The van der Waals surface area contributed by atoms with Crippen molar-refractivity contribution in [2.45, 2.75) is 0 Å². The Morgan fingerprint density at radius 3 is 0.312 bits per heavy atom. The fourth-order valence-electron chi connectivity index (χ4n) is 0.500. The molecule has 0 atom stereocenters. The summed E-state index contributed by atoms with van der Waals surface area (Å²) < 4.78 is 0. The standard InChI is InChI=1S/12CN.3Cd.2Co.3Zn/c12*1-2;;;;;;;;/q;;;;;;;;;;;;3*+2;2*-3;;;. The maximum atomic E-state index is 8.58. The van der Waals surface area contributed by atoms with Crippen molar-refractivity contribution >= 4 is 0 Å². The van der Waals surface area contributed by atoms with E-state index in [0.29, 0.717) is 0 Å². The second-order valence-electron chi connectivity index (χ2n) is 3.39. The van der Waals surface area contributed by atoms with Crippen LogP contribution in [-0.2, 0) is 161 Å². The molecule has 0 unspecified atom stereocenters. The molecule has 0 N–H and O–H groups in total. The minimum atomic E-state index is -6.03. The SMILES string of the molecule is N#[C][Co-3]([C]#N)([C]#N)([C]#N)([C]#N)[C]#N.N#[C][Co-3]([C]#N)([C]#N)([C]#N)([C]#N)[C]#N.[Cd+2].[Cd+2].[Cd+2].[Zn].[Zn].[Zn]. The van der Waals surface area contributed by atoms with Crippen molar-refractivity contribution in [1.82, 2.24) is 0 Å². The third-order valence-corrected chi connectivity index (χ3v) is 9.22. The van der Waals surface area contributed by atoms with E-state index in [4.69, 9.17) is 63.1 Å². The minimum Gasteiger partial charge on any atom is 0 e. The molecule has 0 aromatic heterocycles. The van der Waals surface area contributed by atoms with Crippen molar-refractivity contribution in [3.05, 3.63) is 0 Å². The predicted octanol–water partition coefficient (Wildman–Crippen LogP) is 0.181. The van der Waals surface area contributed by atoms with Crippen LogP contribution in [-0.4, -0.2) is 0 Å². The Labute approximate surface area is 279 Å². The number of nitrogens with zero attached hydrogens (tertiary/aromatic N) is 12. The van der Waals surface area contributed by atoms with Crippen LogP contribution in [0.4, 0.5) is 0 Å². The van der Waals surface area contributed by atoms with E-state index in [0.717, 1.165) is 60.0 Å². The monoisotopic (exact) mass is 963 g/mol. The predicted molar refractivity (Wildman–Crippen MR) is 67.4 cm³/mol. The normalized spacial score (nSPS) is 10.9. The first kappa shape index (κ1) is 53.1. The van der Waals surface area contributed by atoms with Crippen LogP contribution in [0.15, 0.2) is 0 Å². The van der Waals surface area contributed by atoms with Gasteiger partial charge in [0.25, 0.3) is 0 Å². The first-order valence-electron chi connectivity index (χ1n) is 4.68. The maximum absolute atomic E-state index is 8.58. The van der Waals surface area contributed by atoms with Crippen LogP contribution in [0.5, 0.6) is 0 Å². The van der Waals surface area contributed by atoms with E-state index in [9.17, 15) is 0 Å². The van der Waals surface area contributed by atoms with Gasteiger partial charge in [-0.05, 0) is 0 Å². The van der Waals surface area contributed by atoms with E-state index in [2.05, 4.69) is 0 Å². The van der Waals surface area contributed by atoms with Gasteiger partial charge in [0.05, 0.1) is 0 Å². The van der Waals surface area contributed by atoms with Gasteiger partial charge in [0.2, 0.25) is 0 Å². The van der Waals surface area contributed by atoms with Crippen LogP contribution in [0, 0.1) is 123 Å². The third kappa shape index (κ3) is 6.78. The van der Waals surface area contributed by atoms with Crippen molar-refractivity contribution in [2.24, 2.45) is 0 Å². The summed E-state index contributed by atoms with van der Waals surface area (Å²) in [6, 6.07) is 0. The van der Waals surface area contributed by atoms with Gasteiger partial charge < -0.3 is 0 Å². The van der Waals surface area contributed by atoms with E-state index in [1.54, 1.807) is 0 Å². The van der Waals surface area contributed by atoms with Gasteiger partial charge in [0.1, 0.15) is 0 Å². The molecule has 12 nitrogen and oxygen atoms in total. The Morgan fingerprint density at radius 2 is 0.312 bits per heavy atom. The second kappa shape index (κ2) is 15.4. The topological polar surface area (TPSA) is 285 Å².